The van der Waals surface area contributed by atoms with Gasteiger partial charge in [-0.25, -0.2) is 4.79 Å². The Morgan fingerprint density at radius 1 is 1.33 bits per heavy atom. The summed E-state index contributed by atoms with van der Waals surface area (Å²) < 4.78 is 38.3. The number of alkyl halides is 3. The molecule has 0 aromatic heterocycles. The van der Waals surface area contributed by atoms with Crippen molar-refractivity contribution in [1.29, 1.82) is 0 Å². The molecule has 1 aliphatic rings. The van der Waals surface area contributed by atoms with Gasteiger partial charge in [0.2, 0.25) is 0 Å². The lowest BCUT2D eigenvalue weighted by atomic mass is 9.98. The van der Waals surface area contributed by atoms with Crippen molar-refractivity contribution in [3.63, 3.8) is 0 Å². The van der Waals surface area contributed by atoms with E-state index in [-0.39, 0.29) is 13.0 Å². The van der Waals surface area contributed by atoms with E-state index in [0.29, 0.717) is 18.7 Å². The third-order valence-electron chi connectivity index (χ3n) is 3.81. The summed E-state index contributed by atoms with van der Waals surface area (Å²) in [6, 6.07) is 5.15. The Labute approximate surface area is 122 Å². The number of anilines is 1. The van der Waals surface area contributed by atoms with Crippen LogP contribution in [0, 0.1) is 19.8 Å². The van der Waals surface area contributed by atoms with Gasteiger partial charge in [-0.05, 0) is 43.9 Å². The minimum Gasteiger partial charge on any atom is -0.324 e. The highest BCUT2D eigenvalue weighted by Crippen LogP contribution is 2.33. The van der Waals surface area contributed by atoms with Gasteiger partial charge in [0.15, 0.2) is 0 Å². The minimum absolute atomic E-state index is 0.0940. The highest BCUT2D eigenvalue weighted by molar-refractivity contribution is 5.90. The van der Waals surface area contributed by atoms with Crippen LogP contribution < -0.4 is 5.32 Å². The van der Waals surface area contributed by atoms with Crippen LogP contribution in [0.25, 0.3) is 0 Å². The quantitative estimate of drug-likeness (QED) is 0.831. The number of aryl methyl sites for hydroxylation is 2. The molecule has 2 amide bonds. The van der Waals surface area contributed by atoms with Crippen LogP contribution in [-0.4, -0.2) is 30.2 Å². The lowest BCUT2D eigenvalue weighted by molar-refractivity contribution is -0.183. The molecule has 2 rings (SSSR count). The van der Waals surface area contributed by atoms with Crippen molar-refractivity contribution >= 4 is 11.7 Å². The molecule has 1 N–H and O–H groups in total. The summed E-state index contributed by atoms with van der Waals surface area (Å²) >= 11 is 0. The van der Waals surface area contributed by atoms with Crippen molar-refractivity contribution in [2.75, 3.05) is 18.4 Å². The van der Waals surface area contributed by atoms with E-state index in [9.17, 15) is 18.0 Å². The van der Waals surface area contributed by atoms with E-state index < -0.39 is 18.1 Å². The van der Waals surface area contributed by atoms with Crippen LogP contribution in [0.2, 0.25) is 0 Å². The van der Waals surface area contributed by atoms with Crippen molar-refractivity contribution in [3.05, 3.63) is 29.3 Å². The van der Waals surface area contributed by atoms with Gasteiger partial charge >= 0.3 is 12.2 Å². The van der Waals surface area contributed by atoms with Gasteiger partial charge in [0.25, 0.3) is 0 Å². The molecular weight excluding hydrogens is 281 g/mol. The Bertz CT molecular complexity index is 528. The zero-order valence-corrected chi connectivity index (χ0v) is 12.1. The number of likely N-dealkylation sites (tertiary alicyclic amines) is 1. The number of carbonyl (C=O) groups is 1. The summed E-state index contributed by atoms with van der Waals surface area (Å²) in [6.45, 7) is 3.85. The van der Waals surface area contributed by atoms with Gasteiger partial charge in [0, 0.05) is 18.8 Å². The predicted octanol–water partition coefficient (Wildman–Crippen LogP) is 4.11. The Morgan fingerprint density at radius 3 is 2.71 bits per heavy atom. The molecule has 1 aromatic carbocycles. The number of hydrogen-bond donors (Lipinski definition) is 1. The molecule has 116 valence electrons. The molecular formula is C15H19F3N2O. The Morgan fingerprint density at radius 2 is 2.05 bits per heavy atom. The normalized spacial score (nSPS) is 19.5. The molecule has 3 nitrogen and oxygen atoms in total. The van der Waals surface area contributed by atoms with Crippen LogP contribution in [0.4, 0.5) is 23.7 Å². The number of nitrogens with one attached hydrogen (secondary N) is 1. The summed E-state index contributed by atoms with van der Waals surface area (Å²) in [5.74, 6) is -1.42. The van der Waals surface area contributed by atoms with Gasteiger partial charge in [0.1, 0.15) is 0 Å². The first-order valence-electron chi connectivity index (χ1n) is 6.97. The zero-order chi connectivity index (χ0) is 15.6. The van der Waals surface area contributed by atoms with E-state index in [2.05, 4.69) is 5.32 Å². The summed E-state index contributed by atoms with van der Waals surface area (Å²) in [5, 5.41) is 2.71. The third-order valence-corrected chi connectivity index (χ3v) is 3.81. The first kappa shape index (κ1) is 15.7. The maximum absolute atomic E-state index is 12.8. The first-order chi connectivity index (χ1) is 9.77. The minimum atomic E-state index is -4.24. The van der Waals surface area contributed by atoms with Gasteiger partial charge in [0.05, 0.1) is 5.92 Å². The molecule has 6 heteroatoms. The van der Waals surface area contributed by atoms with Crippen LogP contribution in [0.5, 0.6) is 0 Å². The Kier molecular flexibility index (Phi) is 4.44. The number of urea groups is 1. The maximum atomic E-state index is 12.8. The number of halogens is 3. The smallest absolute Gasteiger partial charge is 0.324 e. The summed E-state index contributed by atoms with van der Waals surface area (Å²) in [5.41, 5.74) is 2.52. The number of piperidine rings is 1. The molecule has 0 saturated carbocycles. The number of carbonyl (C=O) groups excluding carboxylic acids is 1. The second kappa shape index (κ2) is 5.95. The van der Waals surface area contributed by atoms with Gasteiger partial charge in [-0.1, -0.05) is 12.1 Å². The van der Waals surface area contributed by atoms with Crippen LogP contribution in [0.1, 0.15) is 24.0 Å². The van der Waals surface area contributed by atoms with E-state index in [4.69, 9.17) is 0 Å². The zero-order valence-electron chi connectivity index (χ0n) is 12.1. The highest BCUT2D eigenvalue weighted by Gasteiger charge is 2.42. The van der Waals surface area contributed by atoms with E-state index in [0.717, 1.165) is 11.1 Å². The van der Waals surface area contributed by atoms with Gasteiger partial charge in [-0.2, -0.15) is 13.2 Å². The largest absolute Gasteiger partial charge is 0.393 e. The standard InChI is InChI=1S/C15H19F3N2O/c1-10-5-6-11(2)13(8-10)19-14(21)20-7-3-4-12(9-20)15(16,17)18/h5-6,8,12H,3-4,7,9H2,1-2H3,(H,19,21)/t12-/m0/s1. The molecule has 1 fully saturated rings. The monoisotopic (exact) mass is 300 g/mol. The molecule has 1 heterocycles. The molecule has 0 unspecified atom stereocenters. The van der Waals surface area contributed by atoms with E-state index in [1.807, 2.05) is 32.0 Å². The molecule has 0 bridgehead atoms. The fourth-order valence-corrected chi connectivity index (χ4v) is 2.49. The topological polar surface area (TPSA) is 32.3 Å². The fourth-order valence-electron chi connectivity index (χ4n) is 2.49. The van der Waals surface area contributed by atoms with Crippen molar-refractivity contribution in [1.82, 2.24) is 4.90 Å². The van der Waals surface area contributed by atoms with Crippen LogP contribution in [0.3, 0.4) is 0 Å². The fraction of sp³-hybridized carbons (Fsp3) is 0.533. The molecule has 0 spiro atoms. The third kappa shape index (κ3) is 3.89. The lowest BCUT2D eigenvalue weighted by Gasteiger charge is -2.33. The van der Waals surface area contributed by atoms with Gasteiger partial charge in [-0.15, -0.1) is 0 Å². The second-order valence-corrected chi connectivity index (χ2v) is 5.58. The van der Waals surface area contributed by atoms with Crippen molar-refractivity contribution in [2.45, 2.75) is 32.9 Å². The average molecular weight is 300 g/mol. The van der Waals surface area contributed by atoms with Crippen molar-refractivity contribution in [3.8, 4) is 0 Å². The number of amides is 2. The first-order valence-corrected chi connectivity index (χ1v) is 6.97. The molecule has 0 radical (unpaired) electrons. The lowest BCUT2D eigenvalue weighted by Crippen LogP contribution is -2.46. The Hall–Kier alpha value is -1.72. The number of rotatable bonds is 1. The Balaban J connectivity index is 2.04. The summed E-state index contributed by atoms with van der Waals surface area (Å²) in [6.07, 6.45) is -3.76. The van der Waals surface area contributed by atoms with E-state index in [1.165, 1.54) is 4.90 Å². The van der Waals surface area contributed by atoms with Gasteiger partial charge in [-0.3, -0.25) is 0 Å². The number of benzene rings is 1. The van der Waals surface area contributed by atoms with E-state index >= 15 is 0 Å². The molecule has 1 aliphatic heterocycles. The van der Waals surface area contributed by atoms with E-state index in [1.54, 1.807) is 0 Å². The summed E-state index contributed by atoms with van der Waals surface area (Å²) in [7, 11) is 0. The number of nitrogens with zero attached hydrogens (tertiary/aromatic N) is 1. The molecule has 21 heavy (non-hydrogen) atoms. The number of hydrogen-bond acceptors (Lipinski definition) is 1. The molecule has 1 aromatic rings. The second-order valence-electron chi connectivity index (χ2n) is 5.58. The van der Waals surface area contributed by atoms with Crippen LogP contribution >= 0.6 is 0 Å². The molecule has 1 atom stereocenters. The van der Waals surface area contributed by atoms with Crippen LogP contribution in [-0.2, 0) is 0 Å². The van der Waals surface area contributed by atoms with Crippen LogP contribution in [0.15, 0.2) is 18.2 Å². The van der Waals surface area contributed by atoms with Gasteiger partial charge < -0.3 is 10.2 Å². The maximum Gasteiger partial charge on any atom is 0.393 e. The van der Waals surface area contributed by atoms with Crippen molar-refractivity contribution < 1.29 is 18.0 Å². The molecule has 1 saturated heterocycles. The van der Waals surface area contributed by atoms with Crippen molar-refractivity contribution in [2.24, 2.45) is 5.92 Å². The average Bonchev–Trinajstić information content (AvgIpc) is 2.42. The highest BCUT2D eigenvalue weighted by atomic mass is 19.4. The SMILES string of the molecule is Cc1ccc(C)c(NC(=O)N2CCC[C@H](C(F)(F)F)C2)c1. The summed E-state index contributed by atoms with van der Waals surface area (Å²) in [4.78, 5) is 13.4. The molecule has 0 aliphatic carbocycles. The predicted molar refractivity (Wildman–Crippen MR) is 75.3 cm³/mol.